The van der Waals surface area contributed by atoms with Gasteiger partial charge in [-0.1, -0.05) is 13.3 Å². The van der Waals surface area contributed by atoms with Gasteiger partial charge in [0.1, 0.15) is 17.1 Å². The predicted octanol–water partition coefficient (Wildman–Crippen LogP) is 2.28. The van der Waals surface area contributed by atoms with Crippen LogP contribution in [0, 0.1) is 12.8 Å². The summed E-state index contributed by atoms with van der Waals surface area (Å²) < 4.78 is 5.40. The average Bonchev–Trinajstić information content (AvgIpc) is 2.93. The lowest BCUT2D eigenvalue weighted by Gasteiger charge is -2.21. The van der Waals surface area contributed by atoms with E-state index in [9.17, 15) is 9.90 Å². The molecule has 3 N–H and O–H groups in total. The maximum atomic E-state index is 11.8. The topological polar surface area (TPSA) is 74.5 Å². The molecule has 1 aromatic heterocycles. The van der Waals surface area contributed by atoms with Crippen LogP contribution in [0.1, 0.15) is 44.6 Å². The zero-order valence-corrected chi connectivity index (χ0v) is 12.4. The van der Waals surface area contributed by atoms with E-state index in [0.29, 0.717) is 17.7 Å². The molecule has 1 aromatic rings. The van der Waals surface area contributed by atoms with Gasteiger partial charge in [0.25, 0.3) is 0 Å². The lowest BCUT2D eigenvalue weighted by atomic mass is 10.0. The SMILES string of the molecule is CCCC1CC1NC(=O)NCC(C)(O)c1ccc(C)o1. The third kappa shape index (κ3) is 3.76. The molecule has 0 saturated heterocycles. The summed E-state index contributed by atoms with van der Waals surface area (Å²) in [5.74, 6) is 1.83. The van der Waals surface area contributed by atoms with Crippen LogP contribution in [0.25, 0.3) is 0 Å². The molecule has 0 spiro atoms. The molecule has 0 radical (unpaired) electrons. The van der Waals surface area contributed by atoms with Crippen LogP contribution in [0.3, 0.4) is 0 Å². The van der Waals surface area contributed by atoms with E-state index >= 15 is 0 Å². The molecule has 1 aliphatic rings. The monoisotopic (exact) mass is 280 g/mol. The number of hydrogen-bond acceptors (Lipinski definition) is 3. The Kier molecular flexibility index (Phi) is 4.38. The lowest BCUT2D eigenvalue weighted by Crippen LogP contribution is -2.44. The summed E-state index contributed by atoms with van der Waals surface area (Å²) >= 11 is 0. The summed E-state index contributed by atoms with van der Waals surface area (Å²) in [6.07, 6.45) is 3.38. The highest BCUT2D eigenvalue weighted by molar-refractivity contribution is 5.74. The van der Waals surface area contributed by atoms with Crippen molar-refractivity contribution in [3.63, 3.8) is 0 Å². The number of aliphatic hydroxyl groups is 1. The highest BCUT2D eigenvalue weighted by Crippen LogP contribution is 2.34. The molecule has 5 nitrogen and oxygen atoms in total. The van der Waals surface area contributed by atoms with Crippen molar-refractivity contribution in [2.45, 2.75) is 51.7 Å². The number of hydrogen-bond donors (Lipinski definition) is 3. The van der Waals surface area contributed by atoms with Crippen molar-refractivity contribution >= 4 is 6.03 Å². The smallest absolute Gasteiger partial charge is 0.315 e. The maximum Gasteiger partial charge on any atom is 0.315 e. The summed E-state index contributed by atoms with van der Waals surface area (Å²) in [6.45, 7) is 5.72. The Balaban J connectivity index is 1.75. The molecule has 2 amide bonds. The van der Waals surface area contributed by atoms with E-state index in [-0.39, 0.29) is 12.6 Å². The minimum Gasteiger partial charge on any atom is -0.463 e. The number of aryl methyl sites for hydroxylation is 1. The van der Waals surface area contributed by atoms with Crippen molar-refractivity contribution in [1.82, 2.24) is 10.6 Å². The van der Waals surface area contributed by atoms with Crippen LogP contribution in [0.2, 0.25) is 0 Å². The van der Waals surface area contributed by atoms with E-state index in [1.54, 1.807) is 19.1 Å². The number of amides is 2. The molecule has 20 heavy (non-hydrogen) atoms. The zero-order valence-electron chi connectivity index (χ0n) is 12.4. The normalized spacial score (nSPS) is 24.0. The molecular weight excluding hydrogens is 256 g/mol. The number of urea groups is 1. The van der Waals surface area contributed by atoms with Gasteiger partial charge in [-0.25, -0.2) is 4.79 Å². The van der Waals surface area contributed by atoms with Gasteiger partial charge in [-0.2, -0.15) is 0 Å². The van der Waals surface area contributed by atoms with Crippen LogP contribution in [0.15, 0.2) is 16.5 Å². The summed E-state index contributed by atoms with van der Waals surface area (Å²) in [5.41, 5.74) is -1.20. The maximum absolute atomic E-state index is 11.8. The minimum atomic E-state index is -1.20. The second-order valence-corrected chi connectivity index (χ2v) is 5.90. The van der Waals surface area contributed by atoms with Crippen LogP contribution in [0.5, 0.6) is 0 Å². The van der Waals surface area contributed by atoms with E-state index < -0.39 is 5.60 Å². The highest BCUT2D eigenvalue weighted by atomic mass is 16.4. The third-order valence-corrected chi connectivity index (χ3v) is 3.76. The summed E-state index contributed by atoms with van der Waals surface area (Å²) in [6, 6.07) is 3.60. The quantitative estimate of drug-likeness (QED) is 0.748. The van der Waals surface area contributed by atoms with Gasteiger partial charge in [0.15, 0.2) is 0 Å². The lowest BCUT2D eigenvalue weighted by molar-refractivity contribution is 0.0359. The van der Waals surface area contributed by atoms with E-state index in [0.717, 1.165) is 25.0 Å². The minimum absolute atomic E-state index is 0.122. The Hall–Kier alpha value is -1.49. The largest absolute Gasteiger partial charge is 0.463 e. The van der Waals surface area contributed by atoms with Crippen LogP contribution in [-0.2, 0) is 5.60 Å². The number of carbonyl (C=O) groups excluding carboxylic acids is 1. The molecule has 1 heterocycles. The number of furan rings is 1. The van der Waals surface area contributed by atoms with Gasteiger partial charge in [-0.05, 0) is 44.7 Å². The van der Waals surface area contributed by atoms with Crippen LogP contribution in [-0.4, -0.2) is 23.7 Å². The van der Waals surface area contributed by atoms with E-state index in [4.69, 9.17) is 4.42 Å². The second-order valence-electron chi connectivity index (χ2n) is 5.90. The van der Waals surface area contributed by atoms with Crippen LogP contribution in [0.4, 0.5) is 4.79 Å². The molecule has 1 fully saturated rings. The summed E-state index contributed by atoms with van der Waals surface area (Å²) in [7, 11) is 0. The van der Waals surface area contributed by atoms with E-state index in [1.165, 1.54) is 0 Å². The van der Waals surface area contributed by atoms with Gasteiger partial charge >= 0.3 is 6.03 Å². The molecular formula is C15H24N2O3. The van der Waals surface area contributed by atoms with E-state index in [1.807, 2.05) is 6.92 Å². The Morgan fingerprint density at radius 3 is 2.90 bits per heavy atom. The molecule has 1 saturated carbocycles. The van der Waals surface area contributed by atoms with Gasteiger partial charge in [0, 0.05) is 6.04 Å². The zero-order chi connectivity index (χ0) is 14.8. The fraction of sp³-hybridized carbons (Fsp3) is 0.667. The predicted molar refractivity (Wildman–Crippen MR) is 76.4 cm³/mol. The standard InChI is InChI=1S/C15H24N2O3/c1-4-5-11-8-12(11)17-14(18)16-9-15(3,19)13-7-6-10(2)20-13/h6-7,11-12,19H,4-5,8-9H2,1-3H3,(H2,16,17,18). The van der Waals surface area contributed by atoms with Gasteiger partial charge in [0.05, 0.1) is 6.54 Å². The molecule has 112 valence electrons. The first-order chi connectivity index (χ1) is 9.42. The van der Waals surface area contributed by atoms with E-state index in [2.05, 4.69) is 17.6 Å². The first-order valence-corrected chi connectivity index (χ1v) is 7.26. The number of rotatable bonds is 6. The van der Waals surface area contributed by atoms with Crippen LogP contribution >= 0.6 is 0 Å². The summed E-state index contributed by atoms with van der Waals surface area (Å²) in [4.78, 5) is 11.8. The highest BCUT2D eigenvalue weighted by Gasteiger charge is 2.37. The van der Waals surface area contributed by atoms with Crippen molar-refractivity contribution < 1.29 is 14.3 Å². The van der Waals surface area contributed by atoms with Crippen molar-refractivity contribution in [2.24, 2.45) is 5.92 Å². The molecule has 1 aliphatic carbocycles. The molecule has 3 atom stereocenters. The second kappa shape index (κ2) is 5.87. The fourth-order valence-electron chi connectivity index (χ4n) is 2.40. The molecule has 0 aliphatic heterocycles. The Labute approximate surface area is 119 Å². The molecule has 0 aromatic carbocycles. The molecule has 3 unspecified atom stereocenters. The molecule has 5 heteroatoms. The number of carbonyl (C=O) groups is 1. The molecule has 2 rings (SSSR count). The Morgan fingerprint density at radius 2 is 2.30 bits per heavy atom. The van der Waals surface area contributed by atoms with Crippen molar-refractivity contribution in [3.05, 3.63) is 23.7 Å². The van der Waals surface area contributed by atoms with Gasteiger partial charge in [-0.15, -0.1) is 0 Å². The molecule has 0 bridgehead atoms. The van der Waals surface area contributed by atoms with Crippen LogP contribution < -0.4 is 10.6 Å². The van der Waals surface area contributed by atoms with Gasteiger partial charge in [0.2, 0.25) is 0 Å². The fourth-order valence-corrected chi connectivity index (χ4v) is 2.40. The van der Waals surface area contributed by atoms with Crippen molar-refractivity contribution in [1.29, 1.82) is 0 Å². The van der Waals surface area contributed by atoms with Gasteiger partial charge < -0.3 is 20.2 Å². The average molecular weight is 280 g/mol. The number of nitrogens with one attached hydrogen (secondary N) is 2. The first-order valence-electron chi connectivity index (χ1n) is 7.26. The first kappa shape index (κ1) is 14.9. The van der Waals surface area contributed by atoms with Crippen molar-refractivity contribution in [2.75, 3.05) is 6.54 Å². The summed E-state index contributed by atoms with van der Waals surface area (Å²) in [5, 5.41) is 15.9. The third-order valence-electron chi connectivity index (χ3n) is 3.76. The Bertz CT molecular complexity index is 467. The Morgan fingerprint density at radius 1 is 1.55 bits per heavy atom. The van der Waals surface area contributed by atoms with Crippen molar-refractivity contribution in [3.8, 4) is 0 Å². The van der Waals surface area contributed by atoms with Gasteiger partial charge in [-0.3, -0.25) is 0 Å².